The second-order valence-corrected chi connectivity index (χ2v) is 6.15. The van der Waals surface area contributed by atoms with E-state index in [0.29, 0.717) is 12.0 Å². The van der Waals surface area contributed by atoms with E-state index in [1.165, 1.54) is 31.2 Å². The molecule has 3 atom stereocenters. The lowest BCUT2D eigenvalue weighted by molar-refractivity contribution is -0.138. The second kappa shape index (κ2) is 7.60. The Kier molecular flexibility index (Phi) is 5.80. The maximum atomic E-state index is 11.0. The van der Waals surface area contributed by atoms with Crippen LogP contribution in [0.25, 0.3) is 0 Å². The molecule has 0 spiro atoms. The number of carboxylic acid groups (broad SMARTS) is 1. The molecule has 3 nitrogen and oxygen atoms in total. The van der Waals surface area contributed by atoms with Crippen LogP contribution in [-0.4, -0.2) is 34.6 Å². The highest BCUT2D eigenvalue weighted by molar-refractivity contribution is 5.67. The fraction of sp³-hybridized carbons (Fsp3) is 0.611. The summed E-state index contributed by atoms with van der Waals surface area (Å²) in [7, 11) is 0. The van der Waals surface area contributed by atoms with Gasteiger partial charge in [-0.05, 0) is 37.8 Å². The van der Waals surface area contributed by atoms with Crippen LogP contribution in [-0.2, 0) is 4.79 Å². The second-order valence-electron chi connectivity index (χ2n) is 6.15. The van der Waals surface area contributed by atoms with Gasteiger partial charge in [0, 0.05) is 12.1 Å². The van der Waals surface area contributed by atoms with Crippen molar-refractivity contribution in [1.82, 2.24) is 4.90 Å². The highest BCUT2D eigenvalue weighted by atomic mass is 16.4. The van der Waals surface area contributed by atoms with E-state index in [1.54, 1.807) is 0 Å². The number of carboxylic acids is 1. The summed E-state index contributed by atoms with van der Waals surface area (Å²) in [5, 5.41) is 9.08. The van der Waals surface area contributed by atoms with Gasteiger partial charge in [-0.15, -0.1) is 0 Å². The third kappa shape index (κ3) is 4.07. The SMILES string of the molecule is CCN(C(C)CC(=O)O)C1CCCCC1c1ccccc1. The van der Waals surface area contributed by atoms with Crippen LogP contribution in [0.3, 0.4) is 0 Å². The van der Waals surface area contributed by atoms with Gasteiger partial charge in [0.15, 0.2) is 0 Å². The first-order valence-electron chi connectivity index (χ1n) is 8.16. The number of hydrogen-bond donors (Lipinski definition) is 1. The van der Waals surface area contributed by atoms with Crippen LogP contribution in [0, 0.1) is 0 Å². The Morgan fingerprint density at radius 3 is 2.57 bits per heavy atom. The smallest absolute Gasteiger partial charge is 0.304 e. The van der Waals surface area contributed by atoms with Gasteiger partial charge in [-0.25, -0.2) is 0 Å². The predicted molar refractivity (Wildman–Crippen MR) is 85.5 cm³/mol. The van der Waals surface area contributed by atoms with Crippen LogP contribution in [0.1, 0.15) is 57.4 Å². The van der Waals surface area contributed by atoms with E-state index < -0.39 is 5.97 Å². The Hall–Kier alpha value is -1.35. The lowest BCUT2D eigenvalue weighted by atomic mass is 9.78. The molecule has 0 amide bonds. The Labute approximate surface area is 128 Å². The summed E-state index contributed by atoms with van der Waals surface area (Å²) in [6.07, 6.45) is 5.15. The van der Waals surface area contributed by atoms with Crippen molar-refractivity contribution in [2.24, 2.45) is 0 Å². The molecule has 0 saturated heterocycles. The molecule has 1 saturated carbocycles. The summed E-state index contributed by atoms with van der Waals surface area (Å²) in [5.74, 6) is -0.163. The van der Waals surface area contributed by atoms with Gasteiger partial charge in [0.05, 0.1) is 6.42 Å². The number of likely N-dealkylation sites (N-methyl/N-ethyl adjacent to an activating group) is 1. The molecule has 0 bridgehead atoms. The molecular formula is C18H27NO2. The normalized spacial score (nSPS) is 24.0. The first kappa shape index (κ1) is 16.0. The maximum absolute atomic E-state index is 11.0. The van der Waals surface area contributed by atoms with Gasteiger partial charge >= 0.3 is 5.97 Å². The summed E-state index contributed by atoms with van der Waals surface area (Å²) in [6.45, 7) is 5.12. The van der Waals surface area contributed by atoms with Crippen molar-refractivity contribution in [2.45, 2.75) is 64.0 Å². The molecule has 2 rings (SSSR count). The summed E-state index contributed by atoms with van der Waals surface area (Å²) in [5.41, 5.74) is 1.41. The largest absolute Gasteiger partial charge is 0.481 e. The van der Waals surface area contributed by atoms with Gasteiger partial charge in [-0.2, -0.15) is 0 Å². The molecular weight excluding hydrogens is 262 g/mol. The molecule has 1 aliphatic carbocycles. The average molecular weight is 289 g/mol. The lowest BCUT2D eigenvalue weighted by Gasteiger charge is -2.42. The minimum atomic E-state index is -0.701. The molecule has 1 aromatic carbocycles. The Balaban J connectivity index is 2.18. The van der Waals surface area contributed by atoms with Crippen LogP contribution in [0.5, 0.6) is 0 Å². The molecule has 116 valence electrons. The van der Waals surface area contributed by atoms with Crippen molar-refractivity contribution in [1.29, 1.82) is 0 Å². The monoisotopic (exact) mass is 289 g/mol. The van der Waals surface area contributed by atoms with Crippen molar-refractivity contribution < 1.29 is 9.90 Å². The van der Waals surface area contributed by atoms with Gasteiger partial charge in [0.1, 0.15) is 0 Å². The van der Waals surface area contributed by atoms with E-state index in [9.17, 15) is 4.79 Å². The minimum Gasteiger partial charge on any atom is -0.481 e. The van der Waals surface area contributed by atoms with E-state index in [-0.39, 0.29) is 12.5 Å². The van der Waals surface area contributed by atoms with E-state index in [4.69, 9.17) is 5.11 Å². The molecule has 0 heterocycles. The van der Waals surface area contributed by atoms with Gasteiger partial charge < -0.3 is 5.11 Å². The average Bonchev–Trinajstić information content (AvgIpc) is 2.49. The molecule has 1 fully saturated rings. The molecule has 0 aromatic heterocycles. The standard InChI is InChI=1S/C18H27NO2/c1-3-19(14(2)13-18(20)21)17-12-8-7-11-16(17)15-9-5-4-6-10-15/h4-6,9-10,14,16-17H,3,7-8,11-13H2,1-2H3,(H,20,21). The highest BCUT2D eigenvalue weighted by Gasteiger charge is 2.33. The fourth-order valence-corrected chi connectivity index (χ4v) is 3.84. The maximum Gasteiger partial charge on any atom is 0.304 e. The number of nitrogens with zero attached hydrogens (tertiary/aromatic N) is 1. The quantitative estimate of drug-likeness (QED) is 0.863. The first-order valence-corrected chi connectivity index (χ1v) is 8.16. The van der Waals surface area contributed by atoms with Crippen molar-refractivity contribution in [3.05, 3.63) is 35.9 Å². The van der Waals surface area contributed by atoms with Gasteiger partial charge in [0.2, 0.25) is 0 Å². The fourth-order valence-electron chi connectivity index (χ4n) is 3.84. The number of carbonyl (C=O) groups is 1. The van der Waals surface area contributed by atoms with Crippen molar-refractivity contribution in [2.75, 3.05) is 6.54 Å². The van der Waals surface area contributed by atoms with Crippen LogP contribution >= 0.6 is 0 Å². The molecule has 0 aliphatic heterocycles. The van der Waals surface area contributed by atoms with Gasteiger partial charge in [-0.1, -0.05) is 50.1 Å². The van der Waals surface area contributed by atoms with Crippen LogP contribution in [0.15, 0.2) is 30.3 Å². The zero-order valence-electron chi connectivity index (χ0n) is 13.2. The predicted octanol–water partition coefficient (Wildman–Crippen LogP) is 3.90. The zero-order chi connectivity index (χ0) is 15.2. The number of rotatable bonds is 6. The third-order valence-electron chi connectivity index (χ3n) is 4.78. The van der Waals surface area contributed by atoms with Gasteiger partial charge in [-0.3, -0.25) is 9.69 Å². The summed E-state index contributed by atoms with van der Waals surface area (Å²) in [4.78, 5) is 13.4. The Morgan fingerprint density at radius 2 is 1.95 bits per heavy atom. The molecule has 1 aliphatic rings. The van der Waals surface area contributed by atoms with Gasteiger partial charge in [0.25, 0.3) is 0 Å². The number of benzene rings is 1. The molecule has 0 radical (unpaired) electrons. The Morgan fingerprint density at radius 1 is 1.29 bits per heavy atom. The summed E-state index contributed by atoms with van der Waals surface area (Å²) >= 11 is 0. The van der Waals surface area contributed by atoms with E-state index in [0.717, 1.165) is 6.54 Å². The van der Waals surface area contributed by atoms with Crippen molar-refractivity contribution >= 4 is 5.97 Å². The molecule has 1 N–H and O–H groups in total. The minimum absolute atomic E-state index is 0.0989. The number of hydrogen-bond acceptors (Lipinski definition) is 2. The number of aliphatic carboxylic acids is 1. The third-order valence-corrected chi connectivity index (χ3v) is 4.78. The molecule has 21 heavy (non-hydrogen) atoms. The molecule has 3 heteroatoms. The Bertz CT molecular complexity index is 446. The van der Waals surface area contributed by atoms with E-state index in [1.807, 2.05) is 6.92 Å². The van der Waals surface area contributed by atoms with Crippen LogP contribution in [0.2, 0.25) is 0 Å². The van der Waals surface area contributed by atoms with E-state index >= 15 is 0 Å². The van der Waals surface area contributed by atoms with Crippen LogP contribution in [0.4, 0.5) is 0 Å². The zero-order valence-corrected chi connectivity index (χ0v) is 13.2. The van der Waals surface area contributed by atoms with Crippen molar-refractivity contribution in [3.8, 4) is 0 Å². The lowest BCUT2D eigenvalue weighted by Crippen LogP contribution is -2.46. The van der Waals surface area contributed by atoms with Crippen LogP contribution < -0.4 is 0 Å². The highest BCUT2D eigenvalue weighted by Crippen LogP contribution is 2.37. The topological polar surface area (TPSA) is 40.5 Å². The summed E-state index contributed by atoms with van der Waals surface area (Å²) < 4.78 is 0. The van der Waals surface area contributed by atoms with E-state index in [2.05, 4.69) is 42.2 Å². The molecule has 3 unspecified atom stereocenters. The molecule has 1 aromatic rings. The first-order chi connectivity index (χ1) is 10.1. The summed E-state index contributed by atoms with van der Waals surface area (Å²) in [6, 6.07) is 11.3. The van der Waals surface area contributed by atoms with Crippen molar-refractivity contribution in [3.63, 3.8) is 0 Å².